The number of rotatable bonds is 0. The number of halogens is 1. The number of nitrogens with one attached hydrogen (secondary N) is 2. The van der Waals surface area contributed by atoms with Crippen molar-refractivity contribution in [3.8, 4) is 0 Å². The van der Waals surface area contributed by atoms with Crippen molar-refractivity contribution in [2.75, 3.05) is 5.73 Å². The highest BCUT2D eigenvalue weighted by atomic mass is 79.9. The van der Waals surface area contributed by atoms with Gasteiger partial charge in [-0.15, -0.1) is 17.0 Å². The third-order valence-electron chi connectivity index (χ3n) is 1.31. The number of hydrogen-bond donors (Lipinski definition) is 3. The van der Waals surface area contributed by atoms with Gasteiger partial charge in [-0.1, -0.05) is 0 Å². The Morgan fingerprint density at radius 3 is 2.85 bits per heavy atom. The molecule has 2 aromatic heterocycles. The SMILES string of the molecule is Br.Nc1nc2nc[nH]c2c(=O)[nH]1.O. The second kappa shape index (κ2) is 4.01. The lowest BCUT2D eigenvalue weighted by Gasteiger charge is -1.89. The van der Waals surface area contributed by atoms with Crippen molar-refractivity contribution in [1.82, 2.24) is 19.9 Å². The number of aromatic amines is 2. The fourth-order valence-electron chi connectivity index (χ4n) is 0.860. The summed E-state index contributed by atoms with van der Waals surface area (Å²) >= 11 is 0. The molecule has 2 heterocycles. The number of imidazole rings is 1. The maximum absolute atomic E-state index is 11.0. The number of fused-ring (bicyclic) bond motifs is 1. The van der Waals surface area contributed by atoms with Gasteiger partial charge in [0.25, 0.3) is 5.56 Å². The molecule has 2 rings (SSSR count). The minimum atomic E-state index is -0.301. The lowest BCUT2D eigenvalue weighted by molar-refractivity contribution is 0.824. The van der Waals surface area contributed by atoms with Crippen molar-refractivity contribution in [2.24, 2.45) is 0 Å². The Hall–Kier alpha value is -1.41. The third kappa shape index (κ3) is 1.84. The summed E-state index contributed by atoms with van der Waals surface area (Å²) in [6.45, 7) is 0. The highest BCUT2D eigenvalue weighted by Gasteiger charge is 2.01. The van der Waals surface area contributed by atoms with E-state index in [1.165, 1.54) is 6.33 Å². The highest BCUT2D eigenvalue weighted by molar-refractivity contribution is 8.93. The second-order valence-electron chi connectivity index (χ2n) is 2.05. The predicted octanol–water partition coefficient (Wildman–Crippen LogP) is -1.02. The minimum Gasteiger partial charge on any atom is -0.412 e. The van der Waals surface area contributed by atoms with Crippen molar-refractivity contribution in [1.29, 1.82) is 0 Å². The van der Waals surface area contributed by atoms with Crippen molar-refractivity contribution in [2.45, 2.75) is 0 Å². The van der Waals surface area contributed by atoms with E-state index in [-0.39, 0.29) is 34.0 Å². The number of nitrogen functional groups attached to an aromatic ring is 1. The number of aromatic nitrogens is 4. The normalized spacial score (nSPS) is 8.92. The summed E-state index contributed by atoms with van der Waals surface area (Å²) in [6.07, 6.45) is 1.40. The molecule has 7 nitrogen and oxygen atoms in total. The maximum Gasteiger partial charge on any atom is 0.278 e. The Balaban J connectivity index is 0.000000720. The molecule has 0 bridgehead atoms. The molecular formula is C5H8BrN5O2. The first-order valence-corrected chi connectivity index (χ1v) is 2.96. The lowest BCUT2D eigenvalue weighted by atomic mass is 10.5. The Kier molecular flexibility index (Phi) is 3.57. The number of anilines is 1. The van der Waals surface area contributed by atoms with Gasteiger partial charge in [-0.05, 0) is 0 Å². The molecule has 0 aromatic carbocycles. The molecular weight excluding hydrogens is 242 g/mol. The minimum absolute atomic E-state index is 0. The van der Waals surface area contributed by atoms with Gasteiger partial charge in [0.05, 0.1) is 6.33 Å². The molecule has 0 unspecified atom stereocenters. The molecule has 0 radical (unpaired) electrons. The number of hydrogen-bond acceptors (Lipinski definition) is 4. The van der Waals surface area contributed by atoms with Gasteiger partial charge in [-0.25, -0.2) is 4.98 Å². The van der Waals surface area contributed by atoms with Crippen LogP contribution < -0.4 is 11.3 Å². The summed E-state index contributed by atoms with van der Waals surface area (Å²) in [4.78, 5) is 23.5. The molecule has 8 heteroatoms. The number of nitrogens with zero attached hydrogens (tertiary/aromatic N) is 2. The molecule has 0 saturated heterocycles. The largest absolute Gasteiger partial charge is 0.412 e. The van der Waals surface area contributed by atoms with Crippen LogP contribution in [0.4, 0.5) is 5.95 Å². The second-order valence-corrected chi connectivity index (χ2v) is 2.05. The maximum atomic E-state index is 11.0. The molecule has 2 aromatic rings. The van der Waals surface area contributed by atoms with Crippen LogP contribution in [-0.4, -0.2) is 25.4 Å². The van der Waals surface area contributed by atoms with E-state index in [4.69, 9.17) is 5.73 Å². The van der Waals surface area contributed by atoms with E-state index in [2.05, 4.69) is 19.9 Å². The summed E-state index contributed by atoms with van der Waals surface area (Å²) in [6, 6.07) is 0. The lowest BCUT2D eigenvalue weighted by Crippen LogP contribution is -2.10. The van der Waals surface area contributed by atoms with Crippen molar-refractivity contribution in [3.05, 3.63) is 16.7 Å². The van der Waals surface area contributed by atoms with E-state index in [0.29, 0.717) is 11.2 Å². The van der Waals surface area contributed by atoms with Crippen LogP contribution in [0.3, 0.4) is 0 Å². The fourth-order valence-corrected chi connectivity index (χ4v) is 0.860. The van der Waals surface area contributed by atoms with Gasteiger partial charge >= 0.3 is 0 Å². The van der Waals surface area contributed by atoms with Crippen molar-refractivity contribution in [3.63, 3.8) is 0 Å². The van der Waals surface area contributed by atoms with Gasteiger partial charge < -0.3 is 16.2 Å². The molecule has 0 amide bonds. The quantitative estimate of drug-likeness (QED) is 0.552. The van der Waals surface area contributed by atoms with Crippen LogP contribution in [0.5, 0.6) is 0 Å². The average molecular weight is 250 g/mol. The molecule has 0 aliphatic carbocycles. The van der Waals surface area contributed by atoms with Crippen LogP contribution >= 0.6 is 17.0 Å². The summed E-state index contributed by atoms with van der Waals surface area (Å²) in [5.41, 5.74) is 5.65. The Morgan fingerprint density at radius 2 is 2.15 bits per heavy atom. The first kappa shape index (κ1) is 11.6. The Labute approximate surface area is 82.5 Å². The predicted molar refractivity (Wildman–Crippen MR) is 52.9 cm³/mol. The Bertz CT molecular complexity index is 449. The van der Waals surface area contributed by atoms with Gasteiger partial charge in [0.1, 0.15) is 0 Å². The van der Waals surface area contributed by atoms with E-state index in [9.17, 15) is 4.79 Å². The average Bonchev–Trinajstić information content (AvgIpc) is 2.34. The molecule has 13 heavy (non-hydrogen) atoms. The molecule has 0 spiro atoms. The molecule has 0 fully saturated rings. The van der Waals surface area contributed by atoms with Crippen LogP contribution in [0.1, 0.15) is 0 Å². The monoisotopic (exact) mass is 249 g/mol. The molecule has 72 valence electrons. The zero-order valence-corrected chi connectivity index (χ0v) is 8.08. The van der Waals surface area contributed by atoms with Crippen LogP contribution in [0.2, 0.25) is 0 Å². The summed E-state index contributed by atoms with van der Waals surface area (Å²) in [5.74, 6) is 0.0783. The van der Waals surface area contributed by atoms with E-state index in [1.54, 1.807) is 0 Å². The van der Waals surface area contributed by atoms with Crippen LogP contribution in [0.25, 0.3) is 11.2 Å². The molecule has 0 aliphatic rings. The standard InChI is InChI=1S/C5H5N5O.BrH.H2O/c6-5-9-3-2(4(11)10-5)7-1-8-3;;/h1H,(H4,6,7,8,9,10,11);1H;1H2. The zero-order chi connectivity index (χ0) is 7.84. The van der Waals surface area contributed by atoms with E-state index < -0.39 is 0 Å². The summed E-state index contributed by atoms with van der Waals surface area (Å²) in [7, 11) is 0. The van der Waals surface area contributed by atoms with Crippen molar-refractivity contribution >= 4 is 34.1 Å². The van der Waals surface area contributed by atoms with E-state index in [1.807, 2.05) is 0 Å². The number of H-pyrrole nitrogens is 2. The zero-order valence-electron chi connectivity index (χ0n) is 6.37. The first-order chi connectivity index (χ1) is 5.27. The third-order valence-corrected chi connectivity index (χ3v) is 1.31. The fraction of sp³-hybridized carbons (Fsp3) is 0. The van der Waals surface area contributed by atoms with E-state index >= 15 is 0 Å². The first-order valence-electron chi connectivity index (χ1n) is 2.96. The summed E-state index contributed by atoms with van der Waals surface area (Å²) in [5, 5.41) is 0. The van der Waals surface area contributed by atoms with Gasteiger partial charge in [0.15, 0.2) is 11.2 Å². The molecule has 0 saturated carbocycles. The van der Waals surface area contributed by atoms with E-state index in [0.717, 1.165) is 0 Å². The number of nitrogens with two attached hydrogens (primary N) is 1. The van der Waals surface area contributed by atoms with Crippen molar-refractivity contribution < 1.29 is 5.48 Å². The van der Waals surface area contributed by atoms with Crippen LogP contribution in [0.15, 0.2) is 11.1 Å². The van der Waals surface area contributed by atoms with Crippen LogP contribution in [0, 0.1) is 0 Å². The smallest absolute Gasteiger partial charge is 0.278 e. The van der Waals surface area contributed by atoms with Gasteiger partial charge in [0, 0.05) is 0 Å². The van der Waals surface area contributed by atoms with Gasteiger partial charge in [-0.2, -0.15) is 4.98 Å². The molecule has 0 atom stereocenters. The highest BCUT2D eigenvalue weighted by Crippen LogP contribution is 1.98. The molecule has 6 N–H and O–H groups in total. The Morgan fingerprint density at radius 1 is 1.46 bits per heavy atom. The molecule has 0 aliphatic heterocycles. The van der Waals surface area contributed by atoms with Crippen LogP contribution in [-0.2, 0) is 0 Å². The van der Waals surface area contributed by atoms with Gasteiger partial charge in [-0.3, -0.25) is 9.78 Å². The summed E-state index contributed by atoms with van der Waals surface area (Å²) < 4.78 is 0. The van der Waals surface area contributed by atoms with Gasteiger partial charge in [0.2, 0.25) is 5.95 Å². The topological polar surface area (TPSA) is 132 Å².